The van der Waals surface area contributed by atoms with E-state index in [9.17, 15) is 27.9 Å². The predicted molar refractivity (Wildman–Crippen MR) is 80.5 cm³/mol. The molecule has 0 aliphatic heterocycles. The minimum absolute atomic E-state index is 0.125. The van der Waals surface area contributed by atoms with E-state index < -0.39 is 41.1 Å². The normalized spacial score (nSPS) is 20.5. The highest BCUT2D eigenvalue weighted by atomic mass is 19.2. The quantitative estimate of drug-likeness (QED) is 0.651. The zero-order valence-electron chi connectivity index (χ0n) is 13.2. The van der Waals surface area contributed by atoms with Crippen LogP contribution in [-0.4, -0.2) is 41.5 Å². The SMILES string of the molecule is CN(CC1CCCCC1O)C(=O)C(=O)Nc1cc(F)c(F)cc1F. The molecule has 0 saturated heterocycles. The molecule has 8 heteroatoms. The molecule has 2 atom stereocenters. The molecule has 2 rings (SSSR count). The van der Waals surface area contributed by atoms with E-state index in [1.165, 1.54) is 7.05 Å². The third kappa shape index (κ3) is 4.25. The fourth-order valence-electron chi connectivity index (χ4n) is 2.80. The fraction of sp³-hybridized carbons (Fsp3) is 0.500. The van der Waals surface area contributed by atoms with Gasteiger partial charge in [0.25, 0.3) is 0 Å². The molecular formula is C16H19F3N2O3. The second-order valence-corrected chi connectivity index (χ2v) is 6.00. The Morgan fingerprint density at radius 1 is 1.17 bits per heavy atom. The van der Waals surface area contributed by atoms with E-state index >= 15 is 0 Å². The van der Waals surface area contributed by atoms with Crippen molar-refractivity contribution in [2.75, 3.05) is 18.9 Å². The van der Waals surface area contributed by atoms with Crippen molar-refractivity contribution in [3.8, 4) is 0 Å². The molecule has 1 aliphatic carbocycles. The van der Waals surface area contributed by atoms with Crippen molar-refractivity contribution < 1.29 is 27.9 Å². The summed E-state index contributed by atoms with van der Waals surface area (Å²) >= 11 is 0. The van der Waals surface area contributed by atoms with Crippen LogP contribution in [0.4, 0.5) is 18.9 Å². The zero-order valence-corrected chi connectivity index (χ0v) is 13.2. The van der Waals surface area contributed by atoms with Crippen molar-refractivity contribution in [3.63, 3.8) is 0 Å². The van der Waals surface area contributed by atoms with Gasteiger partial charge in [-0.2, -0.15) is 0 Å². The predicted octanol–water partition coefficient (Wildman–Crippen LogP) is 2.05. The number of carbonyl (C=O) groups is 2. The van der Waals surface area contributed by atoms with Gasteiger partial charge in [0.2, 0.25) is 0 Å². The van der Waals surface area contributed by atoms with Gasteiger partial charge in [0.15, 0.2) is 11.6 Å². The molecule has 2 amide bonds. The zero-order chi connectivity index (χ0) is 17.9. The van der Waals surface area contributed by atoms with Crippen LogP contribution in [0, 0.1) is 23.4 Å². The Bertz CT molecular complexity index is 639. The number of anilines is 1. The molecule has 0 radical (unpaired) electrons. The Labute approximate surface area is 137 Å². The molecule has 1 aromatic rings. The van der Waals surface area contributed by atoms with Gasteiger partial charge in [0.05, 0.1) is 11.8 Å². The lowest BCUT2D eigenvalue weighted by molar-refractivity contribution is -0.143. The van der Waals surface area contributed by atoms with E-state index in [4.69, 9.17) is 0 Å². The minimum Gasteiger partial charge on any atom is -0.393 e. The first-order chi connectivity index (χ1) is 11.3. The fourth-order valence-corrected chi connectivity index (χ4v) is 2.80. The first-order valence-electron chi connectivity index (χ1n) is 7.68. The number of aliphatic hydroxyl groups excluding tert-OH is 1. The van der Waals surface area contributed by atoms with Crippen molar-refractivity contribution in [2.45, 2.75) is 31.8 Å². The number of rotatable bonds is 3. The standard InChI is InChI=1S/C16H19F3N2O3/c1-21(8-9-4-2-3-5-14(9)22)16(24)15(23)20-13-7-11(18)10(17)6-12(13)19/h6-7,9,14,22H,2-5,8H2,1H3,(H,20,23). The Hall–Kier alpha value is -2.09. The van der Waals surface area contributed by atoms with Gasteiger partial charge in [-0.15, -0.1) is 0 Å². The number of hydrogen-bond donors (Lipinski definition) is 2. The van der Waals surface area contributed by atoms with Crippen LogP contribution >= 0.6 is 0 Å². The van der Waals surface area contributed by atoms with E-state index in [0.717, 1.165) is 24.2 Å². The van der Waals surface area contributed by atoms with Crippen molar-refractivity contribution in [3.05, 3.63) is 29.6 Å². The summed E-state index contributed by atoms with van der Waals surface area (Å²) in [4.78, 5) is 25.0. The van der Waals surface area contributed by atoms with Crippen LogP contribution in [0.5, 0.6) is 0 Å². The van der Waals surface area contributed by atoms with Crippen molar-refractivity contribution in [1.82, 2.24) is 4.90 Å². The van der Waals surface area contributed by atoms with Crippen LogP contribution in [0.25, 0.3) is 0 Å². The summed E-state index contributed by atoms with van der Waals surface area (Å²) in [6, 6.07) is 0.762. The average molecular weight is 344 g/mol. The Balaban J connectivity index is 1.98. The van der Waals surface area contributed by atoms with Crippen molar-refractivity contribution in [1.29, 1.82) is 0 Å². The number of benzene rings is 1. The average Bonchev–Trinajstić information content (AvgIpc) is 2.53. The van der Waals surface area contributed by atoms with E-state index in [2.05, 4.69) is 0 Å². The molecule has 1 aromatic carbocycles. The van der Waals surface area contributed by atoms with E-state index in [0.29, 0.717) is 12.5 Å². The third-order valence-electron chi connectivity index (χ3n) is 4.18. The molecule has 2 unspecified atom stereocenters. The molecule has 0 spiro atoms. The number of halogens is 3. The van der Waals surface area contributed by atoms with Gasteiger partial charge in [0, 0.05) is 31.6 Å². The van der Waals surface area contributed by atoms with Crippen LogP contribution in [-0.2, 0) is 9.59 Å². The Morgan fingerprint density at radius 2 is 1.79 bits per heavy atom. The smallest absolute Gasteiger partial charge is 0.313 e. The van der Waals surface area contributed by atoms with Crippen LogP contribution < -0.4 is 5.32 Å². The largest absolute Gasteiger partial charge is 0.393 e. The summed E-state index contributed by atoms with van der Waals surface area (Å²) < 4.78 is 39.5. The highest BCUT2D eigenvalue weighted by Crippen LogP contribution is 2.25. The number of likely N-dealkylation sites (N-methyl/N-ethyl adjacent to an activating group) is 1. The lowest BCUT2D eigenvalue weighted by Crippen LogP contribution is -2.42. The second-order valence-electron chi connectivity index (χ2n) is 6.00. The maximum Gasteiger partial charge on any atom is 0.313 e. The number of aliphatic hydroxyl groups is 1. The second kappa shape index (κ2) is 7.65. The van der Waals surface area contributed by atoms with E-state index in [1.807, 2.05) is 5.32 Å². The highest BCUT2D eigenvalue weighted by Gasteiger charge is 2.28. The maximum absolute atomic E-state index is 13.5. The molecule has 24 heavy (non-hydrogen) atoms. The van der Waals surface area contributed by atoms with Crippen LogP contribution in [0.15, 0.2) is 12.1 Å². The molecule has 0 heterocycles. The summed E-state index contributed by atoms with van der Waals surface area (Å²) in [5.41, 5.74) is -0.613. The molecule has 2 N–H and O–H groups in total. The monoisotopic (exact) mass is 344 g/mol. The van der Waals surface area contributed by atoms with Gasteiger partial charge in [-0.1, -0.05) is 12.8 Å². The molecule has 0 aromatic heterocycles. The number of carbonyl (C=O) groups excluding carboxylic acids is 2. The van der Waals surface area contributed by atoms with Crippen LogP contribution in [0.3, 0.4) is 0 Å². The minimum atomic E-state index is -1.39. The van der Waals surface area contributed by atoms with Crippen LogP contribution in [0.1, 0.15) is 25.7 Å². The number of nitrogens with zero attached hydrogens (tertiary/aromatic N) is 1. The molecule has 132 valence electrons. The summed E-state index contributed by atoms with van der Waals surface area (Å²) in [7, 11) is 1.39. The third-order valence-corrected chi connectivity index (χ3v) is 4.18. The molecule has 1 aliphatic rings. The lowest BCUT2D eigenvalue weighted by atomic mass is 9.86. The van der Waals surface area contributed by atoms with Gasteiger partial charge < -0.3 is 15.3 Å². The van der Waals surface area contributed by atoms with Crippen molar-refractivity contribution in [2.24, 2.45) is 5.92 Å². The number of hydrogen-bond acceptors (Lipinski definition) is 3. The molecular weight excluding hydrogens is 325 g/mol. The number of nitrogens with one attached hydrogen (secondary N) is 1. The summed E-state index contributed by atoms with van der Waals surface area (Å²) in [6.45, 7) is 0.188. The summed E-state index contributed by atoms with van der Waals surface area (Å²) in [5, 5.41) is 11.8. The summed E-state index contributed by atoms with van der Waals surface area (Å²) in [5.74, 6) is -6.14. The van der Waals surface area contributed by atoms with Gasteiger partial charge in [-0.05, 0) is 12.8 Å². The van der Waals surface area contributed by atoms with Gasteiger partial charge in [0.1, 0.15) is 5.82 Å². The number of amides is 2. The summed E-state index contributed by atoms with van der Waals surface area (Å²) in [6.07, 6.45) is 2.74. The molecule has 5 nitrogen and oxygen atoms in total. The highest BCUT2D eigenvalue weighted by molar-refractivity contribution is 6.39. The molecule has 1 fully saturated rings. The maximum atomic E-state index is 13.5. The molecule has 1 saturated carbocycles. The van der Waals surface area contributed by atoms with Gasteiger partial charge in [-0.25, -0.2) is 13.2 Å². The topological polar surface area (TPSA) is 69.6 Å². The first-order valence-corrected chi connectivity index (χ1v) is 7.68. The van der Waals surface area contributed by atoms with Gasteiger partial charge in [-0.3, -0.25) is 9.59 Å². The van der Waals surface area contributed by atoms with Gasteiger partial charge >= 0.3 is 11.8 Å². The lowest BCUT2D eigenvalue weighted by Gasteiger charge is -2.30. The van der Waals surface area contributed by atoms with Crippen LogP contribution in [0.2, 0.25) is 0 Å². The van der Waals surface area contributed by atoms with E-state index in [1.54, 1.807) is 0 Å². The Kier molecular flexibility index (Phi) is 5.82. The van der Waals surface area contributed by atoms with Crippen molar-refractivity contribution >= 4 is 17.5 Å². The first kappa shape index (κ1) is 18.3. The Morgan fingerprint density at radius 3 is 2.46 bits per heavy atom. The molecule has 0 bridgehead atoms. The van der Waals surface area contributed by atoms with E-state index in [-0.39, 0.29) is 18.5 Å².